The number of aliphatic imine (C=N–C) groups is 1. The van der Waals surface area contributed by atoms with Crippen molar-refractivity contribution in [2.75, 3.05) is 6.54 Å². The Morgan fingerprint density at radius 2 is 2.04 bits per heavy atom. The van der Waals surface area contributed by atoms with Gasteiger partial charge in [-0.15, -0.1) is 11.3 Å². The van der Waals surface area contributed by atoms with E-state index in [1.165, 1.54) is 0 Å². The second-order valence-corrected chi connectivity index (χ2v) is 7.30. The third kappa shape index (κ3) is 4.58. The van der Waals surface area contributed by atoms with Crippen molar-refractivity contribution in [2.24, 2.45) is 4.99 Å². The number of hydrogen-bond acceptors (Lipinski definition) is 4. The zero-order valence-electron chi connectivity index (χ0n) is 15.5. The van der Waals surface area contributed by atoms with Crippen LogP contribution in [0.3, 0.4) is 0 Å². The van der Waals surface area contributed by atoms with Crippen molar-refractivity contribution in [3.05, 3.63) is 58.2 Å². The molecule has 2 aromatic heterocycles. The van der Waals surface area contributed by atoms with Crippen molar-refractivity contribution < 1.29 is 0 Å². The monoisotopic (exact) mass is 367 g/mol. The highest BCUT2D eigenvalue weighted by molar-refractivity contribution is 7.09. The van der Waals surface area contributed by atoms with Gasteiger partial charge in [0.05, 0.1) is 24.3 Å². The van der Waals surface area contributed by atoms with E-state index in [1.807, 2.05) is 12.3 Å². The maximum Gasteiger partial charge on any atom is 0.191 e. The van der Waals surface area contributed by atoms with Gasteiger partial charge in [0.25, 0.3) is 0 Å². The summed E-state index contributed by atoms with van der Waals surface area (Å²) in [5.41, 5.74) is 3.28. The summed E-state index contributed by atoms with van der Waals surface area (Å²) in [6.07, 6.45) is 1.83. The van der Waals surface area contributed by atoms with E-state index in [9.17, 15) is 0 Å². The maximum atomic E-state index is 4.72. The summed E-state index contributed by atoms with van der Waals surface area (Å²) in [5.74, 6) is 1.25. The van der Waals surface area contributed by atoms with Gasteiger partial charge in [0.2, 0.25) is 0 Å². The molecule has 2 N–H and O–H groups in total. The van der Waals surface area contributed by atoms with Crippen molar-refractivity contribution in [2.45, 2.75) is 39.8 Å². The first-order valence-corrected chi connectivity index (χ1v) is 9.84. The van der Waals surface area contributed by atoms with Crippen LogP contribution in [0, 0.1) is 0 Å². The number of nitrogens with one attached hydrogen (secondary N) is 2. The van der Waals surface area contributed by atoms with E-state index < -0.39 is 0 Å². The zero-order valence-corrected chi connectivity index (χ0v) is 16.3. The number of aromatic nitrogens is 2. The average Bonchev–Trinajstić information content (AvgIpc) is 3.13. The van der Waals surface area contributed by atoms with Gasteiger partial charge in [-0.25, -0.2) is 9.98 Å². The van der Waals surface area contributed by atoms with Crippen molar-refractivity contribution in [1.29, 1.82) is 0 Å². The zero-order chi connectivity index (χ0) is 18.4. The largest absolute Gasteiger partial charge is 0.357 e. The average molecular weight is 368 g/mol. The van der Waals surface area contributed by atoms with E-state index in [2.05, 4.69) is 71.0 Å². The Morgan fingerprint density at radius 1 is 1.19 bits per heavy atom. The molecule has 6 heteroatoms. The molecule has 5 nitrogen and oxygen atoms in total. The van der Waals surface area contributed by atoms with Crippen molar-refractivity contribution in [3.63, 3.8) is 0 Å². The van der Waals surface area contributed by atoms with Crippen LogP contribution in [0.4, 0.5) is 0 Å². The van der Waals surface area contributed by atoms with Crippen molar-refractivity contribution in [3.8, 4) is 0 Å². The molecule has 0 aliphatic rings. The molecule has 0 atom stereocenters. The van der Waals surface area contributed by atoms with E-state index in [-0.39, 0.29) is 0 Å². The highest BCUT2D eigenvalue weighted by atomic mass is 32.1. The number of rotatable bonds is 6. The highest BCUT2D eigenvalue weighted by Crippen LogP contribution is 2.18. The molecule has 0 fully saturated rings. The number of fused-ring (bicyclic) bond motifs is 1. The Hall–Kier alpha value is -2.47. The molecule has 0 saturated carbocycles. The number of nitrogens with zero attached hydrogens (tertiary/aromatic N) is 3. The minimum Gasteiger partial charge on any atom is -0.357 e. The molecule has 3 aromatic rings. The Balaban J connectivity index is 1.70. The molecule has 0 amide bonds. The summed E-state index contributed by atoms with van der Waals surface area (Å²) >= 11 is 1.69. The fourth-order valence-electron chi connectivity index (χ4n) is 2.63. The maximum absolute atomic E-state index is 4.72. The van der Waals surface area contributed by atoms with Crippen LogP contribution in [-0.4, -0.2) is 22.5 Å². The van der Waals surface area contributed by atoms with Crippen LogP contribution in [0.2, 0.25) is 0 Å². The third-order valence-electron chi connectivity index (χ3n) is 4.04. The molecule has 0 aliphatic carbocycles. The number of thiazole rings is 1. The quantitative estimate of drug-likeness (QED) is 0.509. The lowest BCUT2D eigenvalue weighted by molar-refractivity contribution is 0.788. The van der Waals surface area contributed by atoms with E-state index in [4.69, 9.17) is 4.99 Å². The van der Waals surface area contributed by atoms with Crippen molar-refractivity contribution >= 4 is 28.2 Å². The van der Waals surface area contributed by atoms with Crippen LogP contribution in [0.25, 0.3) is 10.9 Å². The number of hydrogen-bond donors (Lipinski definition) is 2. The third-order valence-corrected chi connectivity index (χ3v) is 4.90. The molecule has 0 aliphatic heterocycles. The van der Waals surface area contributed by atoms with Gasteiger partial charge in [-0.3, -0.25) is 4.98 Å². The highest BCUT2D eigenvalue weighted by Gasteiger charge is 2.07. The molecule has 2 heterocycles. The topological polar surface area (TPSA) is 62.2 Å². The van der Waals surface area contributed by atoms with Gasteiger partial charge in [-0.05, 0) is 24.5 Å². The molecule has 0 saturated heterocycles. The molecule has 26 heavy (non-hydrogen) atoms. The van der Waals surface area contributed by atoms with Gasteiger partial charge >= 0.3 is 0 Å². The summed E-state index contributed by atoms with van der Waals surface area (Å²) in [4.78, 5) is 13.9. The molecule has 0 spiro atoms. The summed E-state index contributed by atoms with van der Waals surface area (Å²) < 4.78 is 0. The summed E-state index contributed by atoms with van der Waals surface area (Å²) in [7, 11) is 0. The molecular weight excluding hydrogens is 342 g/mol. The Labute approximate surface area is 158 Å². The van der Waals surface area contributed by atoms with Crippen LogP contribution in [-0.2, 0) is 13.1 Å². The standard InChI is InChI=1S/C20H25N5S/c1-4-21-20(24-12-18-25-17(13-26-18)14(2)3)23-11-16-8-5-7-15-9-6-10-22-19(15)16/h5-10,13-14H,4,11-12H2,1-3H3,(H2,21,23,24). The minimum absolute atomic E-state index is 0.459. The normalized spacial score (nSPS) is 11.9. The molecule has 0 bridgehead atoms. The SMILES string of the molecule is CCNC(=NCc1cccc2cccnc12)NCc1nc(C(C)C)cs1. The van der Waals surface area contributed by atoms with Gasteiger partial charge in [0.1, 0.15) is 5.01 Å². The second kappa shape index (κ2) is 8.76. The minimum atomic E-state index is 0.459. The fraction of sp³-hybridized carbons (Fsp3) is 0.350. The Kier molecular flexibility index (Phi) is 6.17. The fourth-order valence-corrected chi connectivity index (χ4v) is 3.53. The Morgan fingerprint density at radius 3 is 2.81 bits per heavy atom. The first kappa shape index (κ1) is 18.3. The first-order valence-electron chi connectivity index (χ1n) is 8.96. The second-order valence-electron chi connectivity index (χ2n) is 6.36. The van der Waals surface area contributed by atoms with Crippen LogP contribution in [0.1, 0.15) is 43.0 Å². The predicted molar refractivity (Wildman–Crippen MR) is 110 cm³/mol. The van der Waals surface area contributed by atoms with Gasteiger partial charge in [-0.2, -0.15) is 0 Å². The van der Waals surface area contributed by atoms with Gasteiger partial charge in [0, 0.05) is 23.5 Å². The van der Waals surface area contributed by atoms with E-state index in [1.54, 1.807) is 11.3 Å². The molecule has 1 aromatic carbocycles. The van der Waals surface area contributed by atoms with Crippen LogP contribution < -0.4 is 10.6 Å². The van der Waals surface area contributed by atoms with Crippen LogP contribution in [0.5, 0.6) is 0 Å². The number of para-hydroxylation sites is 1. The van der Waals surface area contributed by atoms with Gasteiger partial charge < -0.3 is 10.6 Å². The van der Waals surface area contributed by atoms with E-state index in [0.717, 1.165) is 39.7 Å². The van der Waals surface area contributed by atoms with E-state index >= 15 is 0 Å². The van der Waals surface area contributed by atoms with Gasteiger partial charge in [0.15, 0.2) is 5.96 Å². The molecule has 3 rings (SSSR count). The lowest BCUT2D eigenvalue weighted by atomic mass is 10.1. The predicted octanol–water partition coefficient (Wildman–Crippen LogP) is 4.07. The van der Waals surface area contributed by atoms with E-state index in [0.29, 0.717) is 19.0 Å². The number of guanidine groups is 1. The summed E-state index contributed by atoms with van der Waals surface area (Å²) in [6, 6.07) is 10.2. The number of benzene rings is 1. The molecule has 0 unspecified atom stereocenters. The first-order chi connectivity index (χ1) is 12.7. The van der Waals surface area contributed by atoms with Crippen molar-refractivity contribution in [1.82, 2.24) is 20.6 Å². The van der Waals surface area contributed by atoms with Gasteiger partial charge in [-0.1, -0.05) is 38.1 Å². The smallest absolute Gasteiger partial charge is 0.191 e. The number of pyridine rings is 1. The summed E-state index contributed by atoms with van der Waals surface area (Å²) in [6.45, 7) is 8.47. The molecule has 0 radical (unpaired) electrons. The molecule has 136 valence electrons. The Bertz CT molecular complexity index is 879. The molecular formula is C20H25N5S. The summed E-state index contributed by atoms with van der Waals surface area (Å²) in [5, 5.41) is 11.0. The van der Waals surface area contributed by atoms with Crippen LogP contribution in [0.15, 0.2) is 46.9 Å². The lowest BCUT2D eigenvalue weighted by Crippen LogP contribution is -2.36. The lowest BCUT2D eigenvalue weighted by Gasteiger charge is -2.10. The van der Waals surface area contributed by atoms with Crippen LogP contribution >= 0.6 is 11.3 Å².